The number of hydrogen-bond acceptors (Lipinski definition) is 8. The minimum absolute atomic E-state index is 0.0403. The van der Waals surface area contributed by atoms with Crippen molar-refractivity contribution >= 4 is 23.7 Å². The van der Waals surface area contributed by atoms with Crippen molar-refractivity contribution in [2.24, 2.45) is 5.92 Å². The molecule has 8 heteroatoms. The molecule has 154 valence electrons. The normalized spacial score (nSPS) is 33.2. The lowest BCUT2D eigenvalue weighted by atomic mass is 9.80. The van der Waals surface area contributed by atoms with E-state index >= 15 is 0 Å². The van der Waals surface area contributed by atoms with Gasteiger partial charge in [-0.15, -0.1) is 0 Å². The highest BCUT2D eigenvalue weighted by Crippen LogP contribution is 2.43. The molecular weight excluding hydrogens is 380 g/mol. The Bertz CT molecular complexity index is 908. The molecule has 5 unspecified atom stereocenters. The van der Waals surface area contributed by atoms with Crippen molar-refractivity contribution in [3.8, 4) is 0 Å². The second-order valence-corrected chi connectivity index (χ2v) is 7.53. The number of carbonyl (C=O) groups is 4. The zero-order valence-corrected chi connectivity index (χ0v) is 16.6. The number of carbonyl (C=O) groups excluding carboxylic acids is 4. The Morgan fingerprint density at radius 2 is 1.86 bits per heavy atom. The maximum Gasteiger partial charge on any atom is 0.334 e. The number of hydrogen-bond donors (Lipinski definition) is 0. The summed E-state index contributed by atoms with van der Waals surface area (Å²) in [6.45, 7) is 13.1. The molecule has 0 amide bonds. The number of rotatable bonds is 3. The summed E-state index contributed by atoms with van der Waals surface area (Å²) in [6, 6.07) is 0. The van der Waals surface area contributed by atoms with E-state index < -0.39 is 53.5 Å². The first kappa shape index (κ1) is 20.6. The summed E-state index contributed by atoms with van der Waals surface area (Å²) in [5, 5.41) is 0. The van der Waals surface area contributed by atoms with E-state index in [0.29, 0.717) is 5.57 Å². The highest BCUT2D eigenvalue weighted by Gasteiger charge is 2.59. The van der Waals surface area contributed by atoms with Crippen molar-refractivity contribution in [3.05, 3.63) is 47.8 Å². The van der Waals surface area contributed by atoms with Crippen LogP contribution in [0.1, 0.15) is 27.7 Å². The molecule has 0 spiro atoms. The number of fused-ring (bicyclic) bond motifs is 3. The minimum Gasteiger partial charge on any atom is -0.475 e. The summed E-state index contributed by atoms with van der Waals surface area (Å²) in [4.78, 5) is 49.4. The van der Waals surface area contributed by atoms with Gasteiger partial charge in [0, 0.05) is 24.1 Å². The van der Waals surface area contributed by atoms with Gasteiger partial charge in [0.05, 0.1) is 5.92 Å². The van der Waals surface area contributed by atoms with Crippen LogP contribution in [0, 0.1) is 5.92 Å². The molecule has 0 aromatic rings. The highest BCUT2D eigenvalue weighted by molar-refractivity contribution is 6.01. The molecule has 8 nitrogen and oxygen atoms in total. The summed E-state index contributed by atoms with van der Waals surface area (Å²) in [5.74, 6) is -3.25. The van der Waals surface area contributed by atoms with E-state index in [2.05, 4.69) is 13.2 Å². The summed E-state index contributed by atoms with van der Waals surface area (Å²) < 4.78 is 22.3. The van der Waals surface area contributed by atoms with Crippen LogP contribution in [-0.4, -0.2) is 47.6 Å². The van der Waals surface area contributed by atoms with Gasteiger partial charge in [-0.05, 0) is 32.4 Å². The summed E-state index contributed by atoms with van der Waals surface area (Å²) >= 11 is 0. The molecule has 1 saturated heterocycles. The second kappa shape index (κ2) is 7.02. The van der Waals surface area contributed by atoms with Crippen LogP contribution in [0.25, 0.3) is 0 Å². The van der Waals surface area contributed by atoms with Crippen molar-refractivity contribution in [1.82, 2.24) is 0 Å². The third-order valence-electron chi connectivity index (χ3n) is 5.22. The SMILES string of the molecule is C=C(C)C(=O)OC1C2C(=C)C(=O)OC2C=C(C)C2=CC(=O)C(C)(O2)C1OC(C)=O. The topological polar surface area (TPSA) is 105 Å². The maximum atomic E-state index is 12.8. The Kier molecular flexibility index (Phi) is 4.98. The van der Waals surface area contributed by atoms with Crippen molar-refractivity contribution < 1.29 is 38.1 Å². The van der Waals surface area contributed by atoms with Gasteiger partial charge in [0.2, 0.25) is 11.4 Å². The molecule has 0 aromatic carbocycles. The van der Waals surface area contributed by atoms with E-state index in [0.717, 1.165) is 6.92 Å². The van der Waals surface area contributed by atoms with Gasteiger partial charge in [-0.2, -0.15) is 0 Å². The number of allylic oxidation sites excluding steroid dienone is 1. The van der Waals surface area contributed by atoms with E-state index in [1.165, 1.54) is 19.9 Å². The number of ketones is 1. The van der Waals surface area contributed by atoms with Crippen LogP contribution in [0.15, 0.2) is 47.8 Å². The predicted octanol–water partition coefficient (Wildman–Crippen LogP) is 1.71. The molecule has 3 aliphatic rings. The molecule has 29 heavy (non-hydrogen) atoms. The lowest BCUT2D eigenvalue weighted by Gasteiger charge is -2.38. The van der Waals surface area contributed by atoms with Crippen LogP contribution in [0.4, 0.5) is 0 Å². The molecule has 2 bridgehead atoms. The van der Waals surface area contributed by atoms with Gasteiger partial charge in [0.15, 0.2) is 12.2 Å². The van der Waals surface area contributed by atoms with E-state index in [4.69, 9.17) is 18.9 Å². The van der Waals surface area contributed by atoms with E-state index in [1.807, 2.05) is 0 Å². The Morgan fingerprint density at radius 1 is 1.21 bits per heavy atom. The van der Waals surface area contributed by atoms with E-state index in [-0.39, 0.29) is 16.9 Å². The fourth-order valence-corrected chi connectivity index (χ4v) is 3.64. The lowest BCUT2D eigenvalue weighted by Crippen LogP contribution is -2.57. The highest BCUT2D eigenvalue weighted by atomic mass is 16.6. The first-order valence-corrected chi connectivity index (χ1v) is 9.03. The van der Waals surface area contributed by atoms with Crippen LogP contribution in [0.5, 0.6) is 0 Å². The average Bonchev–Trinajstić information content (AvgIpc) is 3.08. The Hall–Kier alpha value is -3.16. The monoisotopic (exact) mass is 402 g/mol. The summed E-state index contributed by atoms with van der Waals surface area (Å²) in [7, 11) is 0. The van der Waals surface area contributed by atoms with Gasteiger partial charge in [-0.25, -0.2) is 9.59 Å². The van der Waals surface area contributed by atoms with Crippen molar-refractivity contribution in [1.29, 1.82) is 0 Å². The third kappa shape index (κ3) is 3.39. The number of esters is 3. The van der Waals surface area contributed by atoms with Gasteiger partial charge in [0.1, 0.15) is 11.9 Å². The number of ether oxygens (including phenoxy) is 4. The van der Waals surface area contributed by atoms with E-state index in [9.17, 15) is 19.2 Å². The van der Waals surface area contributed by atoms with Crippen LogP contribution in [0.3, 0.4) is 0 Å². The quantitative estimate of drug-likeness (QED) is 0.399. The average molecular weight is 402 g/mol. The fourth-order valence-electron chi connectivity index (χ4n) is 3.64. The van der Waals surface area contributed by atoms with Gasteiger partial charge >= 0.3 is 17.9 Å². The zero-order valence-electron chi connectivity index (χ0n) is 16.6. The van der Waals surface area contributed by atoms with Crippen LogP contribution < -0.4 is 0 Å². The maximum absolute atomic E-state index is 12.8. The molecule has 0 saturated carbocycles. The molecular formula is C21H22O8. The van der Waals surface area contributed by atoms with Crippen molar-refractivity contribution in [2.45, 2.75) is 51.6 Å². The molecule has 5 atom stereocenters. The summed E-state index contributed by atoms with van der Waals surface area (Å²) in [6.07, 6.45) is -0.605. The Morgan fingerprint density at radius 3 is 2.45 bits per heavy atom. The first-order chi connectivity index (χ1) is 13.5. The summed E-state index contributed by atoms with van der Waals surface area (Å²) in [5.41, 5.74) is -0.989. The molecule has 3 aliphatic heterocycles. The van der Waals surface area contributed by atoms with Crippen LogP contribution in [-0.2, 0) is 38.1 Å². The molecule has 0 radical (unpaired) electrons. The molecule has 1 fully saturated rings. The van der Waals surface area contributed by atoms with Gasteiger partial charge in [-0.1, -0.05) is 13.2 Å². The molecule has 3 rings (SSSR count). The molecule has 3 heterocycles. The van der Waals surface area contributed by atoms with Crippen LogP contribution in [0.2, 0.25) is 0 Å². The fraction of sp³-hybridized carbons (Fsp3) is 0.429. The first-order valence-electron chi connectivity index (χ1n) is 9.03. The molecule has 0 aliphatic carbocycles. The van der Waals surface area contributed by atoms with Crippen molar-refractivity contribution in [3.63, 3.8) is 0 Å². The predicted molar refractivity (Wildman–Crippen MR) is 99.1 cm³/mol. The zero-order chi connectivity index (χ0) is 21.7. The minimum atomic E-state index is -1.67. The van der Waals surface area contributed by atoms with Gasteiger partial charge in [0.25, 0.3) is 0 Å². The van der Waals surface area contributed by atoms with E-state index in [1.54, 1.807) is 13.0 Å². The lowest BCUT2D eigenvalue weighted by molar-refractivity contribution is -0.192. The third-order valence-corrected chi connectivity index (χ3v) is 5.22. The van der Waals surface area contributed by atoms with Crippen LogP contribution >= 0.6 is 0 Å². The van der Waals surface area contributed by atoms with Crippen molar-refractivity contribution in [2.75, 3.05) is 0 Å². The standard InChI is InChI=1S/C21H22O8/c1-9(2)19(24)28-17-16-11(4)20(25)27-14(16)7-10(3)13-8-15(23)21(6,29-13)18(17)26-12(5)22/h7-8,14,16-18H,1,4H2,2-3,5-6H3. The molecule has 0 aromatic heterocycles. The second-order valence-electron chi connectivity index (χ2n) is 7.53. The Labute approximate surface area is 167 Å². The van der Waals surface area contributed by atoms with Gasteiger partial charge < -0.3 is 18.9 Å². The largest absolute Gasteiger partial charge is 0.475 e. The Balaban J connectivity index is 2.21. The molecule has 0 N–H and O–H groups in total. The van der Waals surface area contributed by atoms with Gasteiger partial charge in [-0.3, -0.25) is 9.59 Å². The smallest absolute Gasteiger partial charge is 0.334 e.